The molecule has 1 unspecified atom stereocenters. The molecule has 0 saturated heterocycles. The molecule has 0 bridgehead atoms. The SMILES string of the molecule is CC(C)(O)C(F)CNC(=O)c1cnc(-c2ccc3cc(C#N)cnn23)cc1Nc1ccc(-c2ccon2)nc1. The van der Waals surface area contributed by atoms with Gasteiger partial charge in [0.05, 0.1) is 69.6 Å². The second-order valence-corrected chi connectivity index (χ2v) is 9.30. The van der Waals surface area contributed by atoms with E-state index in [2.05, 4.69) is 36.9 Å². The number of fused-ring (bicyclic) bond motifs is 1. The molecule has 11 nitrogen and oxygen atoms in total. The molecule has 0 aliphatic heterocycles. The maximum absolute atomic E-state index is 14.3. The second kappa shape index (κ2) is 10.3. The van der Waals surface area contributed by atoms with Crippen LogP contribution >= 0.6 is 0 Å². The number of hydrogen-bond acceptors (Lipinski definition) is 9. The highest BCUT2D eigenvalue weighted by Gasteiger charge is 2.27. The van der Waals surface area contributed by atoms with Gasteiger partial charge in [-0.2, -0.15) is 10.4 Å². The number of carbonyl (C=O) groups excluding carboxylic acids is 1. The first kappa shape index (κ1) is 25.5. The summed E-state index contributed by atoms with van der Waals surface area (Å²) in [6, 6.07) is 14.3. The Kier molecular flexibility index (Phi) is 6.74. The summed E-state index contributed by atoms with van der Waals surface area (Å²) < 4.78 is 20.8. The highest BCUT2D eigenvalue weighted by atomic mass is 19.1. The lowest BCUT2D eigenvalue weighted by Gasteiger charge is -2.22. The lowest BCUT2D eigenvalue weighted by atomic mass is 10.0. The largest absolute Gasteiger partial charge is 0.387 e. The van der Waals surface area contributed by atoms with Crippen molar-refractivity contribution in [3.8, 4) is 28.8 Å². The number of aromatic nitrogens is 5. The maximum Gasteiger partial charge on any atom is 0.255 e. The Hall–Kier alpha value is -5.15. The molecule has 0 aliphatic rings. The van der Waals surface area contributed by atoms with Crippen molar-refractivity contribution in [1.82, 2.24) is 30.1 Å². The lowest BCUT2D eigenvalue weighted by molar-refractivity contribution is -0.00177. The smallest absolute Gasteiger partial charge is 0.255 e. The summed E-state index contributed by atoms with van der Waals surface area (Å²) in [6.45, 7) is 2.28. The maximum atomic E-state index is 14.3. The number of rotatable bonds is 8. The van der Waals surface area contributed by atoms with E-state index < -0.39 is 17.7 Å². The van der Waals surface area contributed by atoms with Crippen molar-refractivity contribution >= 4 is 22.8 Å². The molecule has 0 radical (unpaired) electrons. The van der Waals surface area contributed by atoms with Crippen LogP contribution in [0.3, 0.4) is 0 Å². The van der Waals surface area contributed by atoms with Crippen molar-refractivity contribution in [2.75, 3.05) is 11.9 Å². The summed E-state index contributed by atoms with van der Waals surface area (Å²) in [5.41, 5.74) is 2.95. The van der Waals surface area contributed by atoms with Crippen LogP contribution in [-0.4, -0.2) is 54.1 Å². The molecule has 1 atom stereocenters. The highest BCUT2D eigenvalue weighted by Crippen LogP contribution is 2.28. The van der Waals surface area contributed by atoms with E-state index in [9.17, 15) is 14.3 Å². The van der Waals surface area contributed by atoms with Crippen LogP contribution in [0.2, 0.25) is 0 Å². The molecule has 1 amide bonds. The Morgan fingerprint density at radius 1 is 1.13 bits per heavy atom. The molecule has 3 N–H and O–H groups in total. The summed E-state index contributed by atoms with van der Waals surface area (Å²) in [6.07, 6.45) is 4.19. The number of pyridine rings is 2. The van der Waals surface area contributed by atoms with E-state index in [1.54, 1.807) is 47.1 Å². The van der Waals surface area contributed by atoms with Gasteiger partial charge in [0.25, 0.3) is 5.91 Å². The van der Waals surface area contributed by atoms with Crippen molar-refractivity contribution < 1.29 is 18.8 Å². The van der Waals surface area contributed by atoms with Crippen LogP contribution in [0.1, 0.15) is 29.8 Å². The molecule has 5 aromatic heterocycles. The van der Waals surface area contributed by atoms with Crippen LogP contribution in [-0.2, 0) is 0 Å². The van der Waals surface area contributed by atoms with E-state index in [0.717, 1.165) is 0 Å². The van der Waals surface area contributed by atoms with Gasteiger partial charge in [0.15, 0.2) is 0 Å². The zero-order valence-corrected chi connectivity index (χ0v) is 21.0. The summed E-state index contributed by atoms with van der Waals surface area (Å²) >= 11 is 0. The van der Waals surface area contributed by atoms with Crippen molar-refractivity contribution in [3.63, 3.8) is 0 Å². The van der Waals surface area contributed by atoms with E-state index in [1.165, 1.54) is 32.5 Å². The molecule has 0 aromatic carbocycles. The van der Waals surface area contributed by atoms with Crippen LogP contribution in [0.4, 0.5) is 15.8 Å². The molecule has 0 fully saturated rings. The van der Waals surface area contributed by atoms with E-state index in [1.807, 2.05) is 6.07 Å². The number of alkyl halides is 1. The Morgan fingerprint density at radius 3 is 2.64 bits per heavy atom. The standard InChI is InChI=1S/C27H23FN8O3/c1-27(2,38)25(28)15-32-26(37)19-14-31-23(24-6-4-18-9-16(11-29)12-33-36(18)24)10-22(19)34-17-3-5-20(30-13-17)21-7-8-39-35-21/h3-10,12-14,25,38H,15H2,1-2H3,(H,31,34)(H,32,37). The molecule has 5 rings (SSSR count). The quantitative estimate of drug-likeness (QED) is 0.273. The predicted molar refractivity (Wildman–Crippen MR) is 140 cm³/mol. The van der Waals surface area contributed by atoms with Gasteiger partial charge in [-0.15, -0.1) is 0 Å². The molecule has 39 heavy (non-hydrogen) atoms. The normalized spacial score (nSPS) is 12.2. The van der Waals surface area contributed by atoms with Gasteiger partial charge in [-0.3, -0.25) is 14.8 Å². The monoisotopic (exact) mass is 526 g/mol. The topological polar surface area (TPSA) is 154 Å². The average Bonchev–Trinajstić information content (AvgIpc) is 3.61. The molecule has 0 aliphatic carbocycles. The first-order chi connectivity index (χ1) is 18.7. The molecule has 12 heteroatoms. The van der Waals surface area contributed by atoms with Gasteiger partial charge >= 0.3 is 0 Å². The van der Waals surface area contributed by atoms with Crippen LogP contribution in [0, 0.1) is 11.3 Å². The second-order valence-electron chi connectivity index (χ2n) is 9.30. The summed E-state index contributed by atoms with van der Waals surface area (Å²) in [7, 11) is 0. The Morgan fingerprint density at radius 2 is 1.95 bits per heavy atom. The van der Waals surface area contributed by atoms with Gasteiger partial charge in [0.2, 0.25) is 0 Å². The number of carbonyl (C=O) groups is 1. The number of nitrogens with one attached hydrogen (secondary N) is 2. The fourth-order valence-electron chi connectivity index (χ4n) is 3.78. The van der Waals surface area contributed by atoms with Crippen LogP contribution < -0.4 is 10.6 Å². The van der Waals surface area contributed by atoms with E-state index in [-0.39, 0.29) is 12.1 Å². The fourth-order valence-corrected chi connectivity index (χ4v) is 3.78. The van der Waals surface area contributed by atoms with Crippen molar-refractivity contribution in [2.45, 2.75) is 25.6 Å². The van der Waals surface area contributed by atoms with E-state index >= 15 is 0 Å². The Balaban J connectivity index is 1.49. The van der Waals surface area contributed by atoms with Crippen molar-refractivity contribution in [1.29, 1.82) is 5.26 Å². The Bertz CT molecular complexity index is 1670. The van der Waals surface area contributed by atoms with E-state index in [4.69, 9.17) is 9.78 Å². The summed E-state index contributed by atoms with van der Waals surface area (Å²) in [5.74, 6) is -0.576. The zero-order chi connectivity index (χ0) is 27.6. The highest BCUT2D eigenvalue weighted by molar-refractivity contribution is 6.00. The van der Waals surface area contributed by atoms with Gasteiger partial charge in [0.1, 0.15) is 24.2 Å². The lowest BCUT2D eigenvalue weighted by Crippen LogP contribution is -2.42. The number of amides is 1. The van der Waals surface area contributed by atoms with Crippen LogP contribution in [0.15, 0.2) is 71.8 Å². The molecular weight excluding hydrogens is 503 g/mol. The minimum absolute atomic E-state index is 0.155. The molecule has 196 valence electrons. The molecule has 5 heterocycles. The van der Waals surface area contributed by atoms with Gasteiger partial charge in [-0.1, -0.05) is 5.16 Å². The van der Waals surface area contributed by atoms with Crippen molar-refractivity contribution in [3.05, 3.63) is 78.4 Å². The van der Waals surface area contributed by atoms with Crippen molar-refractivity contribution in [2.24, 2.45) is 0 Å². The molecule has 0 saturated carbocycles. The average molecular weight is 527 g/mol. The predicted octanol–water partition coefficient (Wildman–Crippen LogP) is 3.90. The van der Waals surface area contributed by atoms with Crippen LogP contribution in [0.25, 0.3) is 28.3 Å². The molecule has 0 spiro atoms. The number of nitriles is 1. The first-order valence-electron chi connectivity index (χ1n) is 11.9. The number of nitrogens with zero attached hydrogens (tertiary/aromatic N) is 6. The number of hydrogen-bond donors (Lipinski definition) is 3. The number of anilines is 2. The molecular formula is C27H23FN8O3. The summed E-state index contributed by atoms with van der Waals surface area (Å²) in [5, 5.41) is 33.0. The van der Waals surface area contributed by atoms with Gasteiger partial charge < -0.3 is 20.3 Å². The third kappa shape index (κ3) is 5.43. The fraction of sp³-hybridized carbons (Fsp3) is 0.185. The minimum atomic E-state index is -1.67. The molecule has 5 aromatic rings. The third-order valence-electron chi connectivity index (χ3n) is 5.99. The van der Waals surface area contributed by atoms with Gasteiger partial charge in [-0.25, -0.2) is 8.91 Å². The van der Waals surface area contributed by atoms with Gasteiger partial charge in [0, 0.05) is 12.3 Å². The number of aliphatic hydroxyl groups is 1. The minimum Gasteiger partial charge on any atom is -0.387 e. The van der Waals surface area contributed by atoms with Crippen LogP contribution in [0.5, 0.6) is 0 Å². The Labute approximate surface area is 221 Å². The van der Waals surface area contributed by atoms with Gasteiger partial charge in [-0.05, 0) is 50.2 Å². The zero-order valence-electron chi connectivity index (χ0n) is 21.0. The first-order valence-corrected chi connectivity index (χ1v) is 11.9. The summed E-state index contributed by atoms with van der Waals surface area (Å²) in [4.78, 5) is 21.9. The van der Waals surface area contributed by atoms with E-state index in [0.29, 0.717) is 45.2 Å². The number of halogens is 1. The third-order valence-corrected chi connectivity index (χ3v) is 5.99.